The van der Waals surface area contributed by atoms with E-state index >= 15 is 0 Å². The Balaban J connectivity index is 1.69. The standard InChI is InChI=1S/C21H31N5/c1-15(2)14-22-21-23-17(4)13-20(24-21)26-11-9-25(10-12-26)19-8-6-7-16(3)18(19)5/h6-8,13,15H,9-12,14H2,1-5H3,(H,22,23,24). The van der Waals surface area contributed by atoms with Crippen molar-refractivity contribution in [1.82, 2.24) is 9.97 Å². The number of nitrogens with zero attached hydrogens (tertiary/aromatic N) is 4. The average Bonchev–Trinajstić information content (AvgIpc) is 2.62. The molecule has 1 aromatic carbocycles. The minimum Gasteiger partial charge on any atom is -0.368 e. The van der Waals surface area contributed by atoms with Gasteiger partial charge in [-0.3, -0.25) is 0 Å². The maximum absolute atomic E-state index is 4.74. The highest BCUT2D eigenvalue weighted by Crippen LogP contribution is 2.25. The van der Waals surface area contributed by atoms with Gasteiger partial charge in [0.1, 0.15) is 5.82 Å². The van der Waals surface area contributed by atoms with Crippen molar-refractivity contribution in [2.75, 3.05) is 47.8 Å². The van der Waals surface area contributed by atoms with E-state index in [1.54, 1.807) is 0 Å². The Morgan fingerprint density at radius 2 is 1.69 bits per heavy atom. The number of rotatable bonds is 5. The van der Waals surface area contributed by atoms with E-state index in [9.17, 15) is 0 Å². The van der Waals surface area contributed by atoms with Crippen LogP contribution in [0.1, 0.15) is 30.7 Å². The Kier molecular flexibility index (Phi) is 5.64. The second-order valence-corrected chi connectivity index (χ2v) is 7.66. The summed E-state index contributed by atoms with van der Waals surface area (Å²) in [7, 11) is 0. The zero-order valence-corrected chi connectivity index (χ0v) is 16.7. The molecule has 0 aliphatic carbocycles. The third-order valence-corrected chi connectivity index (χ3v) is 5.03. The van der Waals surface area contributed by atoms with Gasteiger partial charge in [-0.05, 0) is 43.9 Å². The highest BCUT2D eigenvalue weighted by Gasteiger charge is 2.20. The molecule has 0 atom stereocenters. The molecule has 1 aliphatic rings. The summed E-state index contributed by atoms with van der Waals surface area (Å²) in [6.07, 6.45) is 0. The van der Waals surface area contributed by atoms with Crippen LogP contribution in [0, 0.1) is 26.7 Å². The summed E-state index contributed by atoms with van der Waals surface area (Å²) in [6, 6.07) is 8.67. The van der Waals surface area contributed by atoms with Crippen LogP contribution in [0.4, 0.5) is 17.5 Å². The number of nitrogens with one attached hydrogen (secondary N) is 1. The molecule has 26 heavy (non-hydrogen) atoms. The molecule has 3 rings (SSSR count). The van der Waals surface area contributed by atoms with E-state index in [0.717, 1.165) is 50.2 Å². The fraction of sp³-hybridized carbons (Fsp3) is 0.524. The Labute approximate surface area is 157 Å². The van der Waals surface area contributed by atoms with Crippen LogP contribution in [0.3, 0.4) is 0 Å². The molecule has 0 bridgehead atoms. The highest BCUT2D eigenvalue weighted by molar-refractivity contribution is 5.57. The number of piperazine rings is 1. The lowest BCUT2D eigenvalue weighted by Gasteiger charge is -2.37. The molecule has 0 saturated carbocycles. The van der Waals surface area contributed by atoms with Crippen molar-refractivity contribution in [2.24, 2.45) is 5.92 Å². The smallest absolute Gasteiger partial charge is 0.224 e. The number of hydrogen-bond acceptors (Lipinski definition) is 5. The van der Waals surface area contributed by atoms with E-state index in [2.05, 4.69) is 72.1 Å². The van der Waals surface area contributed by atoms with E-state index in [1.807, 2.05) is 6.92 Å². The van der Waals surface area contributed by atoms with E-state index in [0.29, 0.717) is 5.92 Å². The summed E-state index contributed by atoms with van der Waals surface area (Å²) in [5.74, 6) is 2.35. The fourth-order valence-electron chi connectivity index (χ4n) is 3.34. The molecule has 1 aromatic heterocycles. The Morgan fingerprint density at radius 1 is 1.00 bits per heavy atom. The number of hydrogen-bond donors (Lipinski definition) is 1. The van der Waals surface area contributed by atoms with Gasteiger partial charge < -0.3 is 15.1 Å². The predicted molar refractivity (Wildman–Crippen MR) is 110 cm³/mol. The van der Waals surface area contributed by atoms with E-state index in [-0.39, 0.29) is 0 Å². The lowest BCUT2D eigenvalue weighted by molar-refractivity contribution is 0.644. The van der Waals surface area contributed by atoms with Crippen LogP contribution in [0.2, 0.25) is 0 Å². The zero-order valence-electron chi connectivity index (χ0n) is 16.7. The second kappa shape index (κ2) is 7.94. The summed E-state index contributed by atoms with van der Waals surface area (Å²) in [5, 5.41) is 3.35. The van der Waals surface area contributed by atoms with Crippen LogP contribution < -0.4 is 15.1 Å². The first-order chi connectivity index (χ1) is 12.4. The first-order valence-electron chi connectivity index (χ1n) is 9.59. The lowest BCUT2D eigenvalue weighted by atomic mass is 10.1. The normalized spacial score (nSPS) is 14.8. The van der Waals surface area contributed by atoms with E-state index in [1.165, 1.54) is 16.8 Å². The number of aryl methyl sites for hydroxylation is 2. The predicted octanol–water partition coefficient (Wildman–Crippen LogP) is 3.80. The minimum absolute atomic E-state index is 0.573. The van der Waals surface area contributed by atoms with Gasteiger partial charge in [-0.25, -0.2) is 4.98 Å². The van der Waals surface area contributed by atoms with Crippen molar-refractivity contribution in [3.63, 3.8) is 0 Å². The van der Waals surface area contributed by atoms with Crippen molar-refractivity contribution in [2.45, 2.75) is 34.6 Å². The molecule has 2 aromatic rings. The largest absolute Gasteiger partial charge is 0.368 e. The van der Waals surface area contributed by atoms with Gasteiger partial charge in [-0.15, -0.1) is 0 Å². The second-order valence-electron chi connectivity index (χ2n) is 7.66. The molecule has 1 saturated heterocycles. The molecule has 5 nitrogen and oxygen atoms in total. The molecule has 1 fully saturated rings. The quantitative estimate of drug-likeness (QED) is 0.886. The lowest BCUT2D eigenvalue weighted by Crippen LogP contribution is -2.47. The van der Waals surface area contributed by atoms with Crippen molar-refractivity contribution in [1.29, 1.82) is 0 Å². The summed E-state index contributed by atoms with van der Waals surface area (Å²) >= 11 is 0. The van der Waals surface area contributed by atoms with Gasteiger partial charge in [0.15, 0.2) is 0 Å². The van der Waals surface area contributed by atoms with Crippen molar-refractivity contribution in [3.05, 3.63) is 41.1 Å². The maximum atomic E-state index is 4.74. The van der Waals surface area contributed by atoms with Gasteiger partial charge in [0, 0.05) is 50.2 Å². The number of aromatic nitrogens is 2. The molecule has 2 heterocycles. The van der Waals surface area contributed by atoms with Crippen LogP contribution in [-0.2, 0) is 0 Å². The molecule has 0 unspecified atom stereocenters. The fourth-order valence-corrected chi connectivity index (χ4v) is 3.34. The molecule has 1 N–H and O–H groups in total. The van der Waals surface area contributed by atoms with Gasteiger partial charge >= 0.3 is 0 Å². The first kappa shape index (κ1) is 18.5. The van der Waals surface area contributed by atoms with Crippen molar-refractivity contribution < 1.29 is 0 Å². The van der Waals surface area contributed by atoms with Crippen LogP contribution in [-0.4, -0.2) is 42.7 Å². The molecule has 0 amide bonds. The average molecular weight is 354 g/mol. The summed E-state index contributed by atoms with van der Waals surface area (Å²) in [5.41, 5.74) is 5.12. The molecule has 5 heteroatoms. The number of anilines is 3. The van der Waals surface area contributed by atoms with Gasteiger partial charge in [0.05, 0.1) is 0 Å². The van der Waals surface area contributed by atoms with Crippen molar-refractivity contribution >= 4 is 17.5 Å². The van der Waals surface area contributed by atoms with Gasteiger partial charge in [0.2, 0.25) is 5.95 Å². The molecule has 1 aliphatic heterocycles. The Bertz CT molecular complexity index is 748. The van der Waals surface area contributed by atoms with Crippen LogP contribution in [0.25, 0.3) is 0 Å². The SMILES string of the molecule is Cc1cc(N2CCN(c3cccc(C)c3C)CC2)nc(NCC(C)C)n1. The third kappa shape index (κ3) is 4.26. The monoisotopic (exact) mass is 353 g/mol. The molecule has 0 spiro atoms. The van der Waals surface area contributed by atoms with Gasteiger partial charge in [0.25, 0.3) is 0 Å². The number of benzene rings is 1. The third-order valence-electron chi connectivity index (χ3n) is 5.03. The van der Waals surface area contributed by atoms with Gasteiger partial charge in [-0.1, -0.05) is 26.0 Å². The van der Waals surface area contributed by atoms with Crippen LogP contribution in [0.5, 0.6) is 0 Å². The summed E-state index contributed by atoms with van der Waals surface area (Å²) in [4.78, 5) is 14.1. The van der Waals surface area contributed by atoms with Gasteiger partial charge in [-0.2, -0.15) is 4.98 Å². The van der Waals surface area contributed by atoms with Crippen LogP contribution in [0.15, 0.2) is 24.3 Å². The maximum Gasteiger partial charge on any atom is 0.224 e. The summed E-state index contributed by atoms with van der Waals surface area (Å²) in [6.45, 7) is 15.7. The molecular weight excluding hydrogens is 322 g/mol. The minimum atomic E-state index is 0.573. The molecule has 140 valence electrons. The van der Waals surface area contributed by atoms with E-state index in [4.69, 9.17) is 4.98 Å². The molecule has 0 radical (unpaired) electrons. The zero-order chi connectivity index (χ0) is 18.7. The topological polar surface area (TPSA) is 44.3 Å². The first-order valence-corrected chi connectivity index (χ1v) is 9.59. The highest BCUT2D eigenvalue weighted by atomic mass is 15.3. The van der Waals surface area contributed by atoms with Crippen molar-refractivity contribution in [3.8, 4) is 0 Å². The Hall–Kier alpha value is -2.30. The van der Waals surface area contributed by atoms with E-state index < -0.39 is 0 Å². The Morgan fingerprint density at radius 3 is 2.38 bits per heavy atom. The van der Waals surface area contributed by atoms with Crippen LogP contribution >= 0.6 is 0 Å². The summed E-state index contributed by atoms with van der Waals surface area (Å²) < 4.78 is 0. The molecular formula is C21H31N5.